The van der Waals surface area contributed by atoms with Gasteiger partial charge in [-0.1, -0.05) is 23.3 Å². The summed E-state index contributed by atoms with van der Waals surface area (Å²) in [4.78, 5) is 11.8. The number of allylic oxidation sites excluding steroid dienone is 5. The van der Waals surface area contributed by atoms with E-state index in [9.17, 15) is 9.36 Å². The van der Waals surface area contributed by atoms with E-state index in [1.54, 1.807) is 20.8 Å². The zero-order chi connectivity index (χ0) is 20.7. The summed E-state index contributed by atoms with van der Waals surface area (Å²) >= 11 is 0. The molecular weight excluding hydrogens is 367 g/mol. The molecule has 0 N–H and O–H groups in total. The molecule has 0 radical (unpaired) electrons. The average Bonchev–Trinajstić information content (AvgIpc) is 2.54. The van der Waals surface area contributed by atoms with Gasteiger partial charge in [0.05, 0.1) is 25.9 Å². The Hall–Kier alpha value is -1.36. The predicted octanol–water partition coefficient (Wildman–Crippen LogP) is 6.10. The molecular formula is C20H35O6P. The SMILES string of the molecule is CCOC(=O)/C=C(\CC/C=C(/C)CCC=C(C)C)OP(=O)(OCC)OCC. The van der Waals surface area contributed by atoms with Crippen molar-refractivity contribution in [1.82, 2.24) is 0 Å². The first-order valence-corrected chi connectivity index (χ1v) is 11.0. The fraction of sp³-hybridized carbons (Fsp3) is 0.650. The van der Waals surface area contributed by atoms with Crippen molar-refractivity contribution < 1.29 is 27.7 Å². The van der Waals surface area contributed by atoms with Gasteiger partial charge in [-0.2, -0.15) is 0 Å². The van der Waals surface area contributed by atoms with Crippen LogP contribution in [0.1, 0.15) is 67.2 Å². The normalized spacial score (nSPS) is 12.7. The van der Waals surface area contributed by atoms with Crippen molar-refractivity contribution in [2.75, 3.05) is 19.8 Å². The monoisotopic (exact) mass is 402 g/mol. The van der Waals surface area contributed by atoms with Crippen LogP contribution in [-0.2, 0) is 27.7 Å². The number of carbonyl (C=O) groups excluding carboxylic acids is 1. The molecule has 0 atom stereocenters. The summed E-state index contributed by atoms with van der Waals surface area (Å²) in [7, 11) is -3.75. The van der Waals surface area contributed by atoms with Crippen molar-refractivity contribution in [1.29, 1.82) is 0 Å². The van der Waals surface area contributed by atoms with Gasteiger partial charge in [0.1, 0.15) is 5.76 Å². The molecule has 7 heteroatoms. The Morgan fingerprint density at radius 1 is 0.889 bits per heavy atom. The summed E-state index contributed by atoms with van der Waals surface area (Å²) in [6.45, 7) is 11.9. The maximum atomic E-state index is 12.6. The molecule has 0 aromatic rings. The Morgan fingerprint density at radius 2 is 1.48 bits per heavy atom. The molecule has 0 aliphatic heterocycles. The highest BCUT2D eigenvalue weighted by Crippen LogP contribution is 2.51. The number of ether oxygens (including phenoxy) is 1. The van der Waals surface area contributed by atoms with E-state index in [2.05, 4.69) is 32.9 Å². The summed E-state index contributed by atoms with van der Waals surface area (Å²) in [5.74, 6) is -0.316. The van der Waals surface area contributed by atoms with Crippen LogP contribution in [0, 0.1) is 0 Å². The molecule has 0 aliphatic rings. The van der Waals surface area contributed by atoms with E-state index < -0.39 is 13.8 Å². The molecule has 27 heavy (non-hydrogen) atoms. The zero-order valence-corrected chi connectivity index (χ0v) is 18.5. The second kappa shape index (κ2) is 14.7. The van der Waals surface area contributed by atoms with Crippen LogP contribution >= 0.6 is 7.82 Å². The van der Waals surface area contributed by atoms with Crippen molar-refractivity contribution in [3.8, 4) is 0 Å². The summed E-state index contributed by atoms with van der Waals surface area (Å²) in [5, 5.41) is 0. The first kappa shape index (κ1) is 25.6. The van der Waals surface area contributed by atoms with Crippen LogP contribution in [-0.4, -0.2) is 25.8 Å². The molecule has 0 fully saturated rings. The van der Waals surface area contributed by atoms with Crippen LogP contribution in [0.3, 0.4) is 0 Å². The fourth-order valence-electron chi connectivity index (χ4n) is 2.16. The van der Waals surface area contributed by atoms with Crippen molar-refractivity contribution in [3.63, 3.8) is 0 Å². The molecule has 0 aromatic heterocycles. The Bertz CT molecular complexity index is 563. The lowest BCUT2D eigenvalue weighted by molar-refractivity contribution is -0.137. The van der Waals surface area contributed by atoms with Crippen LogP contribution in [0.15, 0.2) is 35.1 Å². The highest BCUT2D eigenvalue weighted by Gasteiger charge is 2.28. The van der Waals surface area contributed by atoms with E-state index in [0.717, 1.165) is 12.8 Å². The number of hydrogen-bond acceptors (Lipinski definition) is 6. The number of carbonyl (C=O) groups is 1. The van der Waals surface area contributed by atoms with Gasteiger partial charge in [0.25, 0.3) is 0 Å². The standard InChI is InChI=1S/C20H35O6P/c1-7-23-20(21)16-19(26-27(22,24-8-2)25-9-3)15-11-14-18(6)13-10-12-17(4)5/h12,14,16H,7-11,13,15H2,1-6H3/b18-14-,19-16+. The third-order valence-electron chi connectivity index (χ3n) is 3.34. The number of rotatable bonds is 14. The molecule has 0 bridgehead atoms. The number of phosphoric acid groups is 1. The van der Waals surface area contributed by atoms with Gasteiger partial charge < -0.3 is 9.26 Å². The van der Waals surface area contributed by atoms with E-state index >= 15 is 0 Å². The summed E-state index contributed by atoms with van der Waals surface area (Å²) < 4.78 is 33.3. The highest BCUT2D eigenvalue weighted by molar-refractivity contribution is 7.48. The minimum Gasteiger partial charge on any atom is -0.463 e. The van der Waals surface area contributed by atoms with Gasteiger partial charge in [-0.05, 0) is 60.8 Å². The molecule has 0 aliphatic carbocycles. The van der Waals surface area contributed by atoms with E-state index in [0.29, 0.717) is 12.8 Å². The van der Waals surface area contributed by atoms with E-state index in [-0.39, 0.29) is 25.6 Å². The maximum absolute atomic E-state index is 12.6. The molecule has 6 nitrogen and oxygen atoms in total. The second-order valence-electron chi connectivity index (χ2n) is 6.15. The molecule has 0 amide bonds. The summed E-state index contributed by atoms with van der Waals surface area (Å²) in [6, 6.07) is 0. The second-order valence-corrected chi connectivity index (χ2v) is 7.74. The van der Waals surface area contributed by atoms with Gasteiger partial charge >= 0.3 is 13.8 Å². The maximum Gasteiger partial charge on any atom is 0.529 e. The van der Waals surface area contributed by atoms with Crippen molar-refractivity contribution in [2.45, 2.75) is 67.2 Å². The minimum absolute atomic E-state index is 0.174. The lowest BCUT2D eigenvalue weighted by Crippen LogP contribution is -2.05. The van der Waals surface area contributed by atoms with E-state index in [4.69, 9.17) is 18.3 Å². The van der Waals surface area contributed by atoms with Crippen molar-refractivity contribution in [3.05, 3.63) is 35.1 Å². The Labute approximate surface area is 164 Å². The molecule has 156 valence electrons. The lowest BCUT2D eigenvalue weighted by Gasteiger charge is -2.18. The zero-order valence-electron chi connectivity index (χ0n) is 17.6. The van der Waals surface area contributed by atoms with Crippen LogP contribution in [0.25, 0.3) is 0 Å². The van der Waals surface area contributed by atoms with Crippen LogP contribution in [0.2, 0.25) is 0 Å². The molecule has 0 rings (SSSR count). The first-order valence-electron chi connectivity index (χ1n) is 9.51. The summed E-state index contributed by atoms with van der Waals surface area (Å²) in [6.07, 6.45) is 8.50. The number of esters is 1. The minimum atomic E-state index is -3.75. The number of hydrogen-bond donors (Lipinski definition) is 0. The molecule has 0 heterocycles. The first-order chi connectivity index (χ1) is 12.8. The average molecular weight is 402 g/mol. The van der Waals surface area contributed by atoms with E-state index in [1.807, 2.05) is 0 Å². The van der Waals surface area contributed by atoms with E-state index in [1.165, 1.54) is 17.2 Å². The topological polar surface area (TPSA) is 71.1 Å². The molecule has 0 saturated heterocycles. The van der Waals surface area contributed by atoms with Crippen molar-refractivity contribution in [2.24, 2.45) is 0 Å². The fourth-order valence-corrected chi connectivity index (χ4v) is 3.40. The molecule has 0 unspecified atom stereocenters. The van der Waals surface area contributed by atoms with Gasteiger partial charge in [0.15, 0.2) is 0 Å². The number of phosphoric ester groups is 1. The Balaban J connectivity index is 5.03. The largest absolute Gasteiger partial charge is 0.529 e. The van der Waals surface area contributed by atoms with Crippen LogP contribution < -0.4 is 0 Å². The molecule has 0 saturated carbocycles. The highest BCUT2D eigenvalue weighted by atomic mass is 31.2. The smallest absolute Gasteiger partial charge is 0.463 e. The third-order valence-corrected chi connectivity index (χ3v) is 4.95. The quantitative estimate of drug-likeness (QED) is 0.115. The van der Waals surface area contributed by atoms with Gasteiger partial charge in [0, 0.05) is 6.42 Å². The lowest BCUT2D eigenvalue weighted by atomic mass is 10.1. The third kappa shape index (κ3) is 13.5. The van der Waals surface area contributed by atoms with Crippen LogP contribution in [0.4, 0.5) is 0 Å². The van der Waals surface area contributed by atoms with Gasteiger partial charge in [-0.3, -0.25) is 9.05 Å². The van der Waals surface area contributed by atoms with Crippen molar-refractivity contribution >= 4 is 13.8 Å². The Morgan fingerprint density at radius 3 is 2.00 bits per heavy atom. The Kier molecular flexibility index (Phi) is 13.9. The van der Waals surface area contributed by atoms with Crippen LogP contribution in [0.5, 0.6) is 0 Å². The van der Waals surface area contributed by atoms with Gasteiger partial charge in [0.2, 0.25) is 0 Å². The summed E-state index contributed by atoms with van der Waals surface area (Å²) in [5.41, 5.74) is 2.55. The van der Waals surface area contributed by atoms with Gasteiger partial charge in [-0.15, -0.1) is 0 Å². The molecule has 0 aromatic carbocycles. The molecule has 0 spiro atoms. The predicted molar refractivity (Wildman–Crippen MR) is 108 cm³/mol. The van der Waals surface area contributed by atoms with Gasteiger partial charge in [-0.25, -0.2) is 9.36 Å².